The summed E-state index contributed by atoms with van der Waals surface area (Å²) >= 11 is 0. The second kappa shape index (κ2) is 6.30. The molecule has 0 aromatic heterocycles. The van der Waals surface area contributed by atoms with Crippen molar-refractivity contribution in [2.75, 3.05) is 0 Å². The van der Waals surface area contributed by atoms with Gasteiger partial charge in [-0.15, -0.1) is 0 Å². The summed E-state index contributed by atoms with van der Waals surface area (Å²) in [6, 6.07) is 19.1. The molecule has 0 bridgehead atoms. The zero-order valence-electron chi connectivity index (χ0n) is 9.80. The Morgan fingerprint density at radius 3 is 1.44 bits per heavy atom. The highest BCUT2D eigenvalue weighted by atomic mass is 16.3. The number of aliphatic hydroxyl groups is 1. The molecule has 86 valence electrons. The topological polar surface area (TPSA) is 20.2 Å². The summed E-state index contributed by atoms with van der Waals surface area (Å²) < 4.78 is 0. The Morgan fingerprint density at radius 1 is 0.667 bits per heavy atom. The van der Waals surface area contributed by atoms with Crippen LogP contribution < -0.4 is 0 Å². The Bertz CT molecular complexity index is 549. The minimum atomic E-state index is -0.926. The zero-order valence-corrected chi connectivity index (χ0v) is 9.80. The van der Waals surface area contributed by atoms with Gasteiger partial charge in [-0.1, -0.05) is 60.1 Å². The van der Waals surface area contributed by atoms with E-state index in [9.17, 15) is 5.11 Å². The van der Waals surface area contributed by atoms with E-state index in [0.29, 0.717) is 0 Å². The maximum atomic E-state index is 9.62. The van der Waals surface area contributed by atoms with Crippen LogP contribution in [0.5, 0.6) is 0 Å². The van der Waals surface area contributed by atoms with Crippen molar-refractivity contribution < 1.29 is 5.11 Å². The van der Waals surface area contributed by atoms with Crippen LogP contribution in [0.4, 0.5) is 0 Å². The molecule has 0 amide bonds. The molecular formula is C17H12O. The third kappa shape index (κ3) is 3.83. The van der Waals surface area contributed by atoms with Crippen molar-refractivity contribution in [3.8, 4) is 23.7 Å². The predicted molar refractivity (Wildman–Crippen MR) is 72.6 cm³/mol. The van der Waals surface area contributed by atoms with Gasteiger partial charge >= 0.3 is 0 Å². The highest BCUT2D eigenvalue weighted by Crippen LogP contribution is 1.96. The van der Waals surface area contributed by atoms with Crippen LogP contribution in [0.1, 0.15) is 11.1 Å². The van der Waals surface area contributed by atoms with E-state index < -0.39 is 6.10 Å². The van der Waals surface area contributed by atoms with Crippen molar-refractivity contribution in [3.63, 3.8) is 0 Å². The van der Waals surface area contributed by atoms with Gasteiger partial charge in [0, 0.05) is 11.1 Å². The van der Waals surface area contributed by atoms with Crippen molar-refractivity contribution in [2.24, 2.45) is 0 Å². The molecule has 18 heavy (non-hydrogen) atoms. The van der Waals surface area contributed by atoms with Crippen LogP contribution in [0.15, 0.2) is 60.7 Å². The lowest BCUT2D eigenvalue weighted by atomic mass is 10.2. The van der Waals surface area contributed by atoms with Crippen LogP contribution in [0.25, 0.3) is 0 Å². The van der Waals surface area contributed by atoms with Crippen LogP contribution in [0.2, 0.25) is 0 Å². The second-order valence-corrected chi connectivity index (χ2v) is 3.67. The molecular weight excluding hydrogens is 220 g/mol. The van der Waals surface area contributed by atoms with Gasteiger partial charge in [-0.25, -0.2) is 0 Å². The molecule has 0 spiro atoms. The van der Waals surface area contributed by atoms with E-state index in [2.05, 4.69) is 23.7 Å². The average molecular weight is 232 g/mol. The van der Waals surface area contributed by atoms with Crippen molar-refractivity contribution in [1.29, 1.82) is 0 Å². The monoisotopic (exact) mass is 232 g/mol. The zero-order chi connectivity index (χ0) is 12.6. The van der Waals surface area contributed by atoms with Gasteiger partial charge in [0.05, 0.1) is 0 Å². The van der Waals surface area contributed by atoms with E-state index in [1.165, 1.54) is 0 Å². The number of benzene rings is 2. The Morgan fingerprint density at radius 2 is 1.06 bits per heavy atom. The summed E-state index contributed by atoms with van der Waals surface area (Å²) in [5.41, 5.74) is 1.75. The minimum Gasteiger partial charge on any atom is -0.369 e. The van der Waals surface area contributed by atoms with Crippen LogP contribution in [0.3, 0.4) is 0 Å². The molecule has 0 saturated heterocycles. The molecule has 1 heteroatoms. The van der Waals surface area contributed by atoms with Crippen molar-refractivity contribution >= 4 is 0 Å². The number of aliphatic hydroxyl groups excluding tert-OH is 1. The van der Waals surface area contributed by atoms with E-state index in [0.717, 1.165) is 11.1 Å². The first-order valence-electron chi connectivity index (χ1n) is 5.66. The Kier molecular flexibility index (Phi) is 4.20. The number of hydrogen-bond donors (Lipinski definition) is 1. The molecule has 2 aromatic rings. The number of rotatable bonds is 0. The first-order chi connectivity index (χ1) is 8.84. The smallest absolute Gasteiger partial charge is 0.177 e. The molecule has 1 N–H and O–H groups in total. The molecule has 0 aliphatic heterocycles. The third-order valence-electron chi connectivity index (χ3n) is 2.25. The van der Waals surface area contributed by atoms with Gasteiger partial charge in [-0.2, -0.15) is 0 Å². The SMILES string of the molecule is OC(C#Cc1ccccc1)C#Cc1ccccc1. The Hall–Kier alpha value is -2.48. The minimum absolute atomic E-state index is 0.873. The van der Waals surface area contributed by atoms with E-state index in [-0.39, 0.29) is 0 Å². The van der Waals surface area contributed by atoms with E-state index in [4.69, 9.17) is 0 Å². The van der Waals surface area contributed by atoms with Crippen molar-refractivity contribution in [1.82, 2.24) is 0 Å². The van der Waals surface area contributed by atoms with Gasteiger partial charge in [-0.05, 0) is 24.3 Å². The lowest BCUT2D eigenvalue weighted by molar-refractivity contribution is 0.289. The largest absolute Gasteiger partial charge is 0.369 e. The van der Waals surface area contributed by atoms with Gasteiger partial charge < -0.3 is 5.11 Å². The van der Waals surface area contributed by atoms with Gasteiger partial charge in [0.2, 0.25) is 0 Å². The molecule has 0 aliphatic rings. The molecule has 0 fully saturated rings. The normalized spacial score (nSPS) is 9.00. The fourth-order valence-corrected chi connectivity index (χ4v) is 1.38. The molecule has 0 atom stereocenters. The van der Waals surface area contributed by atoms with Crippen LogP contribution >= 0.6 is 0 Å². The van der Waals surface area contributed by atoms with E-state index in [1.54, 1.807) is 0 Å². The van der Waals surface area contributed by atoms with Crippen LogP contribution in [-0.2, 0) is 0 Å². The third-order valence-corrected chi connectivity index (χ3v) is 2.25. The highest BCUT2D eigenvalue weighted by molar-refractivity contribution is 5.39. The molecule has 1 nitrogen and oxygen atoms in total. The Labute approximate surface area is 107 Å². The van der Waals surface area contributed by atoms with E-state index in [1.807, 2.05) is 60.7 Å². The van der Waals surface area contributed by atoms with Gasteiger partial charge in [-0.3, -0.25) is 0 Å². The summed E-state index contributed by atoms with van der Waals surface area (Å²) in [6.45, 7) is 0. The van der Waals surface area contributed by atoms with E-state index >= 15 is 0 Å². The summed E-state index contributed by atoms with van der Waals surface area (Å²) in [6.07, 6.45) is -0.926. The van der Waals surface area contributed by atoms with Gasteiger partial charge in [0.1, 0.15) is 0 Å². The maximum absolute atomic E-state index is 9.62. The van der Waals surface area contributed by atoms with Crippen LogP contribution in [0, 0.1) is 23.7 Å². The number of hydrogen-bond acceptors (Lipinski definition) is 1. The summed E-state index contributed by atoms with van der Waals surface area (Å²) in [4.78, 5) is 0. The summed E-state index contributed by atoms with van der Waals surface area (Å²) in [7, 11) is 0. The molecule has 0 radical (unpaired) electrons. The quantitative estimate of drug-likeness (QED) is 0.692. The fourth-order valence-electron chi connectivity index (χ4n) is 1.38. The molecule has 0 aliphatic carbocycles. The Balaban J connectivity index is 2.04. The summed E-state index contributed by atoms with van der Waals surface area (Å²) in [5, 5.41) is 9.62. The molecule has 0 heterocycles. The lowest BCUT2D eigenvalue weighted by Gasteiger charge is -1.91. The second-order valence-electron chi connectivity index (χ2n) is 3.67. The van der Waals surface area contributed by atoms with Gasteiger partial charge in [0.15, 0.2) is 6.10 Å². The average Bonchev–Trinajstić information content (AvgIpc) is 2.45. The first-order valence-corrected chi connectivity index (χ1v) is 5.66. The molecule has 0 unspecified atom stereocenters. The predicted octanol–water partition coefficient (Wildman–Crippen LogP) is 2.45. The molecule has 2 rings (SSSR count). The molecule has 2 aromatic carbocycles. The summed E-state index contributed by atoms with van der Waals surface area (Å²) in [5.74, 6) is 11.2. The highest BCUT2D eigenvalue weighted by Gasteiger charge is 1.90. The van der Waals surface area contributed by atoms with Crippen molar-refractivity contribution in [2.45, 2.75) is 6.10 Å². The fraction of sp³-hybridized carbons (Fsp3) is 0.0588. The molecule has 0 saturated carbocycles. The lowest BCUT2D eigenvalue weighted by Crippen LogP contribution is -1.97. The van der Waals surface area contributed by atoms with Crippen LogP contribution in [-0.4, -0.2) is 11.2 Å². The standard InChI is InChI=1S/C17H12O/c18-17(13-11-15-7-3-1-4-8-15)14-12-16-9-5-2-6-10-16/h1-10,17-18H. The first kappa shape index (κ1) is 12.0. The van der Waals surface area contributed by atoms with Gasteiger partial charge in [0.25, 0.3) is 0 Å². The van der Waals surface area contributed by atoms with Crippen molar-refractivity contribution in [3.05, 3.63) is 71.8 Å². The maximum Gasteiger partial charge on any atom is 0.177 e.